The molecule has 7 heteroatoms. The fraction of sp³-hybridized carbons (Fsp3) is 0.526. The molecule has 2 heterocycles. The van der Waals surface area contributed by atoms with Gasteiger partial charge >= 0.3 is 0 Å². The first-order chi connectivity index (χ1) is 12.5. The fourth-order valence-electron chi connectivity index (χ4n) is 4.27. The Morgan fingerprint density at radius 3 is 2.38 bits per heavy atom. The van der Waals surface area contributed by atoms with E-state index in [1.807, 2.05) is 11.8 Å². The SMILES string of the molecule is Cc1nc(C(=O)N2CC(C3CC3)C2C2CC2)nn1-c1c(Cl)cccc1Cl. The van der Waals surface area contributed by atoms with Crippen molar-refractivity contribution in [2.45, 2.75) is 38.6 Å². The van der Waals surface area contributed by atoms with E-state index in [1.54, 1.807) is 22.9 Å². The normalized spacial score (nSPS) is 25.3. The van der Waals surface area contributed by atoms with E-state index >= 15 is 0 Å². The number of para-hydroxylation sites is 1. The van der Waals surface area contributed by atoms with Gasteiger partial charge in [-0.15, -0.1) is 5.10 Å². The molecule has 1 aromatic heterocycles. The second-order valence-electron chi connectivity index (χ2n) is 7.75. The molecule has 1 saturated heterocycles. The zero-order valence-corrected chi connectivity index (χ0v) is 16.0. The maximum absolute atomic E-state index is 13.0. The third-order valence-corrected chi connectivity index (χ3v) is 6.52. The summed E-state index contributed by atoms with van der Waals surface area (Å²) in [6, 6.07) is 5.69. The molecule has 2 aliphatic carbocycles. The van der Waals surface area contributed by atoms with Crippen molar-refractivity contribution < 1.29 is 4.79 Å². The van der Waals surface area contributed by atoms with Crippen molar-refractivity contribution in [1.82, 2.24) is 19.7 Å². The van der Waals surface area contributed by atoms with Gasteiger partial charge in [0.15, 0.2) is 0 Å². The monoisotopic (exact) mass is 390 g/mol. The zero-order valence-electron chi connectivity index (χ0n) is 14.5. The highest BCUT2D eigenvalue weighted by molar-refractivity contribution is 6.37. The first-order valence-corrected chi connectivity index (χ1v) is 9.99. The average molecular weight is 391 g/mol. The van der Waals surface area contributed by atoms with E-state index in [-0.39, 0.29) is 11.7 Å². The summed E-state index contributed by atoms with van der Waals surface area (Å²) in [7, 11) is 0. The maximum Gasteiger partial charge on any atom is 0.293 e. The lowest BCUT2D eigenvalue weighted by atomic mass is 9.81. The van der Waals surface area contributed by atoms with E-state index in [9.17, 15) is 4.79 Å². The molecule has 2 unspecified atom stereocenters. The van der Waals surface area contributed by atoms with Crippen LogP contribution in [0.1, 0.15) is 42.1 Å². The molecule has 2 atom stereocenters. The van der Waals surface area contributed by atoms with Crippen LogP contribution in [0.2, 0.25) is 10.0 Å². The Morgan fingerprint density at radius 2 is 1.77 bits per heavy atom. The number of rotatable bonds is 4. The van der Waals surface area contributed by atoms with Gasteiger partial charge < -0.3 is 4.90 Å². The van der Waals surface area contributed by atoms with Gasteiger partial charge in [0.1, 0.15) is 11.5 Å². The lowest BCUT2D eigenvalue weighted by Crippen LogP contribution is -2.60. The summed E-state index contributed by atoms with van der Waals surface area (Å²) >= 11 is 12.6. The largest absolute Gasteiger partial charge is 0.332 e. The molecule has 0 radical (unpaired) electrons. The molecule has 0 N–H and O–H groups in total. The average Bonchev–Trinajstić information content (AvgIpc) is 3.48. The first-order valence-electron chi connectivity index (χ1n) is 9.23. The van der Waals surface area contributed by atoms with Crippen LogP contribution in [-0.4, -0.2) is 38.2 Å². The van der Waals surface area contributed by atoms with Gasteiger partial charge in [0.2, 0.25) is 5.82 Å². The second-order valence-corrected chi connectivity index (χ2v) is 8.57. The Hall–Kier alpha value is -1.59. The number of benzene rings is 1. The molecule has 0 bridgehead atoms. The van der Waals surface area contributed by atoms with Gasteiger partial charge in [0, 0.05) is 18.5 Å². The number of aromatic nitrogens is 3. The van der Waals surface area contributed by atoms with Gasteiger partial charge in [-0.1, -0.05) is 29.3 Å². The van der Waals surface area contributed by atoms with Crippen molar-refractivity contribution in [2.24, 2.45) is 17.8 Å². The molecule has 3 fully saturated rings. The lowest BCUT2D eigenvalue weighted by molar-refractivity contribution is -0.00296. The topological polar surface area (TPSA) is 51.0 Å². The van der Waals surface area contributed by atoms with Crippen molar-refractivity contribution in [3.05, 3.63) is 39.9 Å². The Bertz CT molecular complexity index is 867. The van der Waals surface area contributed by atoms with E-state index in [0.29, 0.717) is 39.4 Å². The maximum atomic E-state index is 13.0. The van der Waals surface area contributed by atoms with E-state index in [2.05, 4.69) is 10.1 Å². The predicted molar refractivity (Wildman–Crippen MR) is 99.9 cm³/mol. The highest BCUT2D eigenvalue weighted by Crippen LogP contribution is 2.52. The molecular weight excluding hydrogens is 371 g/mol. The van der Waals surface area contributed by atoms with Crippen molar-refractivity contribution in [3.63, 3.8) is 0 Å². The number of aryl methyl sites for hydroxylation is 1. The molecule has 26 heavy (non-hydrogen) atoms. The molecule has 3 aliphatic rings. The minimum Gasteiger partial charge on any atom is -0.332 e. The molecule has 0 spiro atoms. The van der Waals surface area contributed by atoms with Gasteiger partial charge in [-0.05, 0) is 56.6 Å². The van der Waals surface area contributed by atoms with Crippen molar-refractivity contribution >= 4 is 29.1 Å². The van der Waals surface area contributed by atoms with Crippen molar-refractivity contribution in [1.29, 1.82) is 0 Å². The molecule has 5 rings (SSSR count). The molecule has 1 aliphatic heterocycles. The Morgan fingerprint density at radius 1 is 1.12 bits per heavy atom. The number of carbonyl (C=O) groups is 1. The molecule has 2 saturated carbocycles. The Labute approximate surface area is 162 Å². The summed E-state index contributed by atoms with van der Waals surface area (Å²) in [5.41, 5.74) is 0.568. The highest BCUT2D eigenvalue weighted by atomic mass is 35.5. The van der Waals surface area contributed by atoms with E-state index < -0.39 is 0 Å². The van der Waals surface area contributed by atoms with Crippen LogP contribution in [-0.2, 0) is 0 Å². The van der Waals surface area contributed by atoms with Gasteiger partial charge in [0.25, 0.3) is 5.91 Å². The van der Waals surface area contributed by atoms with Crippen molar-refractivity contribution in [2.75, 3.05) is 6.54 Å². The summed E-state index contributed by atoms with van der Waals surface area (Å²) in [4.78, 5) is 19.5. The summed E-state index contributed by atoms with van der Waals surface area (Å²) in [5, 5.41) is 5.42. The van der Waals surface area contributed by atoms with Crippen molar-refractivity contribution in [3.8, 4) is 5.69 Å². The van der Waals surface area contributed by atoms with Gasteiger partial charge in [0.05, 0.1) is 10.0 Å². The Kier molecular flexibility index (Phi) is 3.80. The van der Waals surface area contributed by atoms with Gasteiger partial charge in [-0.25, -0.2) is 9.67 Å². The molecule has 1 amide bonds. The highest BCUT2D eigenvalue weighted by Gasteiger charge is 2.55. The number of amides is 1. The molecular formula is C19H20Cl2N4O. The number of halogens is 2. The third kappa shape index (κ3) is 2.64. The van der Waals surface area contributed by atoms with Crippen LogP contribution in [0.25, 0.3) is 5.69 Å². The van der Waals surface area contributed by atoms with Crippen LogP contribution < -0.4 is 0 Å². The summed E-state index contributed by atoms with van der Waals surface area (Å²) < 4.78 is 1.57. The lowest BCUT2D eigenvalue weighted by Gasteiger charge is -2.48. The second kappa shape index (κ2) is 5.96. The van der Waals surface area contributed by atoms with Gasteiger partial charge in [-0.2, -0.15) is 0 Å². The van der Waals surface area contributed by atoms with Crippen LogP contribution in [0.4, 0.5) is 0 Å². The quantitative estimate of drug-likeness (QED) is 0.787. The van der Waals surface area contributed by atoms with E-state index in [4.69, 9.17) is 23.2 Å². The standard InChI is InChI=1S/C19H20Cl2N4O/c1-10-22-18(23-25(10)17-14(20)3-2-4-15(17)21)19(26)24-9-13(11-5-6-11)16(24)12-7-8-12/h2-4,11-13,16H,5-9H2,1H3. The predicted octanol–water partition coefficient (Wildman–Crippen LogP) is 4.14. The number of nitrogens with zero attached hydrogens (tertiary/aromatic N) is 4. The zero-order chi connectivity index (χ0) is 18.0. The molecule has 5 nitrogen and oxygen atoms in total. The smallest absolute Gasteiger partial charge is 0.293 e. The van der Waals surface area contributed by atoms with E-state index in [1.165, 1.54) is 25.7 Å². The number of carbonyl (C=O) groups excluding carboxylic acids is 1. The van der Waals surface area contributed by atoms with Gasteiger partial charge in [-0.3, -0.25) is 4.79 Å². The minimum absolute atomic E-state index is 0.0659. The summed E-state index contributed by atoms with van der Waals surface area (Å²) in [6.45, 7) is 2.66. The molecule has 1 aromatic carbocycles. The van der Waals surface area contributed by atoms with Crippen LogP contribution in [0.15, 0.2) is 18.2 Å². The first kappa shape index (κ1) is 16.6. The minimum atomic E-state index is -0.0659. The Balaban J connectivity index is 1.43. The van der Waals surface area contributed by atoms with Crippen LogP contribution in [0.5, 0.6) is 0 Å². The summed E-state index contributed by atoms with van der Waals surface area (Å²) in [6.07, 6.45) is 5.14. The molecule has 2 aromatic rings. The number of hydrogen-bond acceptors (Lipinski definition) is 3. The summed E-state index contributed by atoms with van der Waals surface area (Å²) in [5.74, 6) is 2.97. The molecule has 136 valence electrons. The third-order valence-electron chi connectivity index (χ3n) is 5.91. The van der Waals surface area contributed by atoms with Crippen LogP contribution in [0, 0.1) is 24.7 Å². The van der Waals surface area contributed by atoms with Crippen LogP contribution in [0.3, 0.4) is 0 Å². The number of likely N-dealkylation sites (tertiary alicyclic amines) is 1. The number of hydrogen-bond donors (Lipinski definition) is 0. The van der Waals surface area contributed by atoms with Crippen LogP contribution >= 0.6 is 23.2 Å². The fourth-order valence-corrected chi connectivity index (χ4v) is 4.83. The van der Waals surface area contributed by atoms with E-state index in [0.717, 1.165) is 12.5 Å².